The maximum atomic E-state index is 12.6. The fraction of sp³-hybridized carbons (Fsp3) is 0.524. The Morgan fingerprint density at radius 2 is 1.86 bits per heavy atom. The highest BCUT2D eigenvalue weighted by molar-refractivity contribution is 9.10. The highest BCUT2D eigenvalue weighted by Crippen LogP contribution is 2.38. The Kier molecular flexibility index (Phi) is 4.89. The van der Waals surface area contributed by atoms with E-state index in [1.54, 1.807) is 12.1 Å². The van der Waals surface area contributed by atoms with Gasteiger partial charge in [-0.2, -0.15) is 0 Å². The molecular weight excluding hydrogens is 426 g/mol. The predicted octanol–water partition coefficient (Wildman–Crippen LogP) is 4.86. The normalized spacial score (nSPS) is 24.4. The molecule has 0 N–H and O–H groups in total. The quantitative estimate of drug-likeness (QED) is 0.611. The minimum Gasteiger partial charge on any atom is -0.490 e. The third-order valence-electron chi connectivity index (χ3n) is 5.26. The van der Waals surface area contributed by atoms with Crippen LogP contribution in [0, 0.1) is 0 Å². The van der Waals surface area contributed by atoms with Gasteiger partial charge in [-0.15, -0.1) is 0 Å². The van der Waals surface area contributed by atoms with Crippen molar-refractivity contribution in [3.8, 4) is 5.75 Å². The maximum absolute atomic E-state index is 12.6. The van der Waals surface area contributed by atoms with Gasteiger partial charge in [0.25, 0.3) is 0 Å². The molecule has 0 spiro atoms. The van der Waals surface area contributed by atoms with Crippen LogP contribution in [0.5, 0.6) is 5.75 Å². The number of piperidine rings is 1. The summed E-state index contributed by atoms with van der Waals surface area (Å²) in [7, 11) is 0. The van der Waals surface area contributed by atoms with Crippen molar-refractivity contribution in [3.63, 3.8) is 0 Å². The summed E-state index contributed by atoms with van der Waals surface area (Å²) >= 11 is 3.19. The van der Waals surface area contributed by atoms with E-state index in [2.05, 4.69) is 15.9 Å². The molecule has 2 aliphatic heterocycles. The number of ether oxygens (including phenoxy) is 2. The Labute approximate surface area is 171 Å². The van der Waals surface area contributed by atoms with Gasteiger partial charge in [0.15, 0.2) is 0 Å². The number of hydrogen-bond donors (Lipinski definition) is 0. The fourth-order valence-electron chi connectivity index (χ4n) is 4.17. The van der Waals surface area contributed by atoms with Crippen molar-refractivity contribution in [3.05, 3.63) is 39.2 Å². The SMILES string of the molecule is CC(C)(C)OC(=O)N1[C@@H]2CC[C@H]1CC(Oc1ccc3cc(Br)c(=O)oc3c1)C2. The first kappa shape index (κ1) is 19.3. The highest BCUT2D eigenvalue weighted by Gasteiger charge is 2.45. The van der Waals surface area contributed by atoms with Gasteiger partial charge in [-0.25, -0.2) is 9.59 Å². The van der Waals surface area contributed by atoms with E-state index >= 15 is 0 Å². The largest absolute Gasteiger partial charge is 0.490 e. The van der Waals surface area contributed by atoms with Gasteiger partial charge in [0, 0.05) is 36.4 Å². The summed E-state index contributed by atoms with van der Waals surface area (Å²) < 4.78 is 17.5. The molecule has 1 aromatic heterocycles. The molecule has 150 valence electrons. The van der Waals surface area contributed by atoms with E-state index in [1.165, 1.54) is 0 Å². The molecule has 1 amide bonds. The first-order valence-electron chi connectivity index (χ1n) is 9.61. The molecule has 3 heterocycles. The van der Waals surface area contributed by atoms with Crippen molar-refractivity contribution in [1.82, 2.24) is 4.90 Å². The lowest BCUT2D eigenvalue weighted by Crippen LogP contribution is -2.50. The first-order chi connectivity index (χ1) is 13.2. The summed E-state index contributed by atoms with van der Waals surface area (Å²) in [5, 5.41) is 0.832. The van der Waals surface area contributed by atoms with Crippen LogP contribution in [0.25, 0.3) is 11.0 Å². The van der Waals surface area contributed by atoms with Gasteiger partial charge in [0.1, 0.15) is 27.5 Å². The van der Waals surface area contributed by atoms with Crippen LogP contribution in [0.4, 0.5) is 4.79 Å². The second-order valence-electron chi connectivity index (χ2n) is 8.57. The topological polar surface area (TPSA) is 69.0 Å². The first-order valence-corrected chi connectivity index (χ1v) is 10.4. The number of carbonyl (C=O) groups excluding carboxylic acids is 1. The van der Waals surface area contributed by atoms with Crippen LogP contribution in [-0.4, -0.2) is 34.8 Å². The smallest absolute Gasteiger partial charge is 0.410 e. The molecule has 2 saturated heterocycles. The Bertz CT molecular complexity index is 949. The van der Waals surface area contributed by atoms with Crippen LogP contribution in [0.1, 0.15) is 46.5 Å². The summed E-state index contributed by atoms with van der Waals surface area (Å²) in [6.07, 6.45) is 3.30. The predicted molar refractivity (Wildman–Crippen MR) is 109 cm³/mol. The molecule has 2 aromatic rings. The van der Waals surface area contributed by atoms with Gasteiger partial charge in [-0.3, -0.25) is 0 Å². The molecule has 1 unspecified atom stereocenters. The molecule has 2 aliphatic rings. The van der Waals surface area contributed by atoms with Crippen LogP contribution in [0.15, 0.2) is 37.9 Å². The Morgan fingerprint density at radius 1 is 1.18 bits per heavy atom. The Morgan fingerprint density at radius 3 is 2.50 bits per heavy atom. The van der Waals surface area contributed by atoms with E-state index in [0.717, 1.165) is 31.1 Å². The zero-order valence-corrected chi connectivity index (χ0v) is 17.8. The van der Waals surface area contributed by atoms with Crippen molar-refractivity contribution in [2.75, 3.05) is 0 Å². The average molecular weight is 450 g/mol. The van der Waals surface area contributed by atoms with Crippen molar-refractivity contribution < 1.29 is 18.7 Å². The van der Waals surface area contributed by atoms with Crippen LogP contribution >= 0.6 is 15.9 Å². The summed E-state index contributed by atoms with van der Waals surface area (Å²) in [6.45, 7) is 5.66. The van der Waals surface area contributed by atoms with Crippen LogP contribution in [-0.2, 0) is 4.74 Å². The number of benzene rings is 1. The second-order valence-corrected chi connectivity index (χ2v) is 9.42. The third kappa shape index (κ3) is 3.90. The third-order valence-corrected chi connectivity index (χ3v) is 5.81. The van der Waals surface area contributed by atoms with Gasteiger partial charge >= 0.3 is 11.7 Å². The van der Waals surface area contributed by atoms with Gasteiger partial charge in [0.2, 0.25) is 0 Å². The Balaban J connectivity index is 1.47. The van der Waals surface area contributed by atoms with Crippen molar-refractivity contribution >= 4 is 33.0 Å². The van der Waals surface area contributed by atoms with E-state index in [-0.39, 0.29) is 24.3 Å². The molecule has 7 heteroatoms. The van der Waals surface area contributed by atoms with Gasteiger partial charge < -0.3 is 18.8 Å². The van der Waals surface area contributed by atoms with Crippen molar-refractivity contribution in [1.29, 1.82) is 0 Å². The second kappa shape index (κ2) is 7.10. The number of halogens is 1. The Hall–Kier alpha value is -2.02. The molecule has 0 radical (unpaired) electrons. The molecule has 4 rings (SSSR count). The van der Waals surface area contributed by atoms with Crippen molar-refractivity contribution in [2.24, 2.45) is 0 Å². The molecule has 6 nitrogen and oxygen atoms in total. The number of fused-ring (bicyclic) bond motifs is 3. The van der Waals surface area contributed by atoms with E-state index in [0.29, 0.717) is 15.8 Å². The van der Waals surface area contributed by atoms with Crippen molar-refractivity contribution in [2.45, 2.75) is 70.2 Å². The molecule has 2 bridgehead atoms. The number of nitrogens with zero attached hydrogens (tertiary/aromatic N) is 1. The molecule has 0 aliphatic carbocycles. The van der Waals surface area contributed by atoms with E-state index in [4.69, 9.17) is 13.9 Å². The average Bonchev–Trinajstić information content (AvgIpc) is 2.86. The van der Waals surface area contributed by atoms with Crippen LogP contribution in [0.2, 0.25) is 0 Å². The number of hydrogen-bond acceptors (Lipinski definition) is 5. The minimum absolute atomic E-state index is 0.0239. The summed E-state index contributed by atoms with van der Waals surface area (Å²) in [4.78, 5) is 26.2. The lowest BCUT2D eigenvalue weighted by molar-refractivity contribution is -0.00705. The summed E-state index contributed by atoms with van der Waals surface area (Å²) in [5.41, 5.74) is -0.401. The highest BCUT2D eigenvalue weighted by atomic mass is 79.9. The fourth-order valence-corrected chi connectivity index (χ4v) is 4.50. The summed E-state index contributed by atoms with van der Waals surface area (Å²) in [5.74, 6) is 0.674. The van der Waals surface area contributed by atoms with E-state index < -0.39 is 11.2 Å². The number of rotatable bonds is 2. The number of amides is 1. The standard InChI is InChI=1S/C21H24BrNO5/c1-21(2,3)28-20(25)23-13-5-6-14(23)10-16(9-13)26-15-7-4-12-8-17(22)19(24)27-18(12)11-15/h4,7-8,11,13-14,16H,5-6,9-10H2,1-3H3/t13-,14+,16?. The van der Waals surface area contributed by atoms with E-state index in [1.807, 2.05) is 37.8 Å². The minimum atomic E-state index is -0.492. The number of carbonyl (C=O) groups is 1. The van der Waals surface area contributed by atoms with E-state index in [9.17, 15) is 9.59 Å². The van der Waals surface area contributed by atoms with Crippen LogP contribution in [0.3, 0.4) is 0 Å². The lowest BCUT2D eigenvalue weighted by Gasteiger charge is -2.39. The van der Waals surface area contributed by atoms with Gasteiger partial charge in [0.05, 0.1) is 0 Å². The molecule has 3 atom stereocenters. The molecule has 0 saturated carbocycles. The monoisotopic (exact) mass is 449 g/mol. The van der Waals surface area contributed by atoms with Crippen LogP contribution < -0.4 is 10.4 Å². The summed E-state index contributed by atoms with van der Waals surface area (Å²) in [6, 6.07) is 7.55. The zero-order chi connectivity index (χ0) is 20.1. The lowest BCUT2D eigenvalue weighted by atomic mass is 10.00. The molecule has 1 aromatic carbocycles. The molecular formula is C21H24BrNO5. The van der Waals surface area contributed by atoms with Gasteiger partial charge in [-0.05, 0) is 67.7 Å². The molecule has 28 heavy (non-hydrogen) atoms. The van der Waals surface area contributed by atoms with Gasteiger partial charge in [-0.1, -0.05) is 0 Å². The maximum Gasteiger partial charge on any atom is 0.410 e. The zero-order valence-electron chi connectivity index (χ0n) is 16.2. The molecule has 2 fully saturated rings.